The molecule has 6 nitrogen and oxygen atoms in total. The molecule has 110 valence electrons. The number of carbonyl (C=O) groups excluding carboxylic acids is 1. The van der Waals surface area contributed by atoms with Crippen molar-refractivity contribution in [2.45, 2.75) is 33.2 Å². The van der Waals surface area contributed by atoms with Gasteiger partial charge in [0.2, 0.25) is 5.88 Å². The van der Waals surface area contributed by atoms with Gasteiger partial charge in [-0.25, -0.2) is 9.78 Å². The maximum Gasteiger partial charge on any atom is 0.326 e. The number of amides is 1. The highest BCUT2D eigenvalue weighted by atomic mass is 16.5. The van der Waals surface area contributed by atoms with E-state index in [0.29, 0.717) is 13.0 Å². The van der Waals surface area contributed by atoms with Crippen LogP contribution in [-0.2, 0) is 4.79 Å². The van der Waals surface area contributed by atoms with Crippen LogP contribution in [0.25, 0.3) is 0 Å². The first kappa shape index (κ1) is 15.9. The molecule has 1 aromatic heterocycles. The lowest BCUT2D eigenvalue weighted by Crippen LogP contribution is -2.41. The molecule has 0 aliphatic carbocycles. The summed E-state index contributed by atoms with van der Waals surface area (Å²) in [5, 5.41) is 11.6. The van der Waals surface area contributed by atoms with Crippen LogP contribution in [0.2, 0.25) is 0 Å². The third-order valence-electron chi connectivity index (χ3n) is 2.61. The van der Waals surface area contributed by atoms with Gasteiger partial charge in [0.1, 0.15) is 11.6 Å². The molecule has 0 bridgehead atoms. The van der Waals surface area contributed by atoms with Crippen molar-refractivity contribution in [1.29, 1.82) is 0 Å². The predicted octanol–water partition coefficient (Wildman–Crippen LogP) is 1.71. The van der Waals surface area contributed by atoms with Crippen LogP contribution in [0.4, 0.5) is 0 Å². The topological polar surface area (TPSA) is 88.5 Å². The molecule has 0 saturated carbocycles. The molecular weight excluding hydrogens is 260 g/mol. The highest BCUT2D eigenvalue weighted by Gasteiger charge is 2.23. The third-order valence-corrected chi connectivity index (χ3v) is 2.61. The van der Waals surface area contributed by atoms with Crippen molar-refractivity contribution in [3.8, 4) is 5.88 Å². The summed E-state index contributed by atoms with van der Waals surface area (Å²) in [7, 11) is 0. The Hall–Kier alpha value is -2.11. The van der Waals surface area contributed by atoms with E-state index in [0.717, 1.165) is 0 Å². The normalized spacial score (nSPS) is 12.0. The molecule has 0 saturated heterocycles. The fourth-order valence-corrected chi connectivity index (χ4v) is 1.74. The van der Waals surface area contributed by atoms with Gasteiger partial charge in [-0.15, -0.1) is 0 Å². The molecule has 0 aliphatic heterocycles. The molecule has 1 rings (SSSR count). The first-order valence-electron chi connectivity index (χ1n) is 6.57. The van der Waals surface area contributed by atoms with Crippen molar-refractivity contribution in [3.63, 3.8) is 0 Å². The maximum atomic E-state index is 12.1. The van der Waals surface area contributed by atoms with Crippen LogP contribution in [0.15, 0.2) is 18.3 Å². The molecule has 1 aromatic rings. The number of carboxylic acid groups (broad SMARTS) is 1. The second kappa shape index (κ2) is 7.47. The lowest BCUT2D eigenvalue weighted by Gasteiger charge is -2.17. The summed E-state index contributed by atoms with van der Waals surface area (Å²) in [4.78, 5) is 27.3. The third kappa shape index (κ3) is 4.53. The number of carboxylic acids is 1. The van der Waals surface area contributed by atoms with Gasteiger partial charge >= 0.3 is 5.97 Å². The van der Waals surface area contributed by atoms with E-state index in [4.69, 9.17) is 9.84 Å². The number of aromatic nitrogens is 1. The first-order valence-corrected chi connectivity index (χ1v) is 6.57. The zero-order chi connectivity index (χ0) is 15.1. The zero-order valence-electron chi connectivity index (χ0n) is 11.9. The van der Waals surface area contributed by atoms with Gasteiger partial charge in [0.15, 0.2) is 0 Å². The maximum absolute atomic E-state index is 12.1. The van der Waals surface area contributed by atoms with E-state index in [-0.39, 0.29) is 17.4 Å². The lowest BCUT2D eigenvalue weighted by molar-refractivity contribution is -0.139. The van der Waals surface area contributed by atoms with E-state index in [2.05, 4.69) is 10.3 Å². The van der Waals surface area contributed by atoms with Crippen molar-refractivity contribution < 1.29 is 19.4 Å². The Balaban J connectivity index is 2.86. The molecule has 0 radical (unpaired) electrons. The summed E-state index contributed by atoms with van der Waals surface area (Å²) in [6, 6.07) is 2.24. The van der Waals surface area contributed by atoms with Gasteiger partial charge in [-0.3, -0.25) is 4.79 Å². The van der Waals surface area contributed by atoms with Gasteiger partial charge in [0.25, 0.3) is 5.91 Å². The zero-order valence-corrected chi connectivity index (χ0v) is 11.9. The Bertz CT molecular complexity index is 474. The minimum atomic E-state index is -1.05. The molecule has 0 aromatic carbocycles. The SMILES string of the molecule is CCOc1ncccc1C(=O)N[C@H](CC(C)C)C(=O)O. The summed E-state index contributed by atoms with van der Waals surface area (Å²) in [6.45, 7) is 5.97. The van der Waals surface area contributed by atoms with Gasteiger partial charge in [0.05, 0.1) is 6.61 Å². The molecule has 0 unspecified atom stereocenters. The van der Waals surface area contributed by atoms with Crippen molar-refractivity contribution in [1.82, 2.24) is 10.3 Å². The number of nitrogens with one attached hydrogen (secondary N) is 1. The van der Waals surface area contributed by atoms with Crippen molar-refractivity contribution in [2.75, 3.05) is 6.61 Å². The van der Waals surface area contributed by atoms with E-state index in [9.17, 15) is 9.59 Å². The van der Waals surface area contributed by atoms with Crippen molar-refractivity contribution >= 4 is 11.9 Å². The van der Waals surface area contributed by atoms with Crippen LogP contribution in [0.3, 0.4) is 0 Å². The summed E-state index contributed by atoms with van der Waals surface area (Å²) in [6.07, 6.45) is 1.88. The Morgan fingerprint density at radius 2 is 2.15 bits per heavy atom. The molecule has 0 spiro atoms. The number of aliphatic carboxylic acids is 1. The van der Waals surface area contributed by atoms with Gasteiger partial charge in [-0.05, 0) is 31.4 Å². The monoisotopic (exact) mass is 280 g/mol. The van der Waals surface area contributed by atoms with Crippen molar-refractivity contribution in [2.24, 2.45) is 5.92 Å². The summed E-state index contributed by atoms with van der Waals surface area (Å²) >= 11 is 0. The summed E-state index contributed by atoms with van der Waals surface area (Å²) in [5.41, 5.74) is 0.240. The van der Waals surface area contributed by atoms with E-state index in [1.807, 2.05) is 13.8 Å². The molecule has 0 fully saturated rings. The number of hydrogen-bond acceptors (Lipinski definition) is 4. The van der Waals surface area contributed by atoms with Crippen LogP contribution in [0.5, 0.6) is 5.88 Å². The molecule has 20 heavy (non-hydrogen) atoms. The molecule has 2 N–H and O–H groups in total. The van der Waals surface area contributed by atoms with E-state index in [1.54, 1.807) is 19.1 Å². The second-order valence-electron chi connectivity index (χ2n) is 4.78. The summed E-state index contributed by atoms with van der Waals surface area (Å²) < 4.78 is 5.26. The number of carbonyl (C=O) groups is 2. The Morgan fingerprint density at radius 3 is 2.70 bits per heavy atom. The largest absolute Gasteiger partial charge is 0.480 e. The fourth-order valence-electron chi connectivity index (χ4n) is 1.74. The first-order chi connectivity index (χ1) is 9.45. The predicted molar refractivity (Wildman–Crippen MR) is 73.8 cm³/mol. The van der Waals surface area contributed by atoms with Crippen LogP contribution < -0.4 is 10.1 Å². The minimum absolute atomic E-state index is 0.164. The number of ether oxygens (including phenoxy) is 1. The van der Waals surface area contributed by atoms with Gasteiger partial charge in [-0.2, -0.15) is 0 Å². The van der Waals surface area contributed by atoms with Gasteiger partial charge < -0.3 is 15.2 Å². The lowest BCUT2D eigenvalue weighted by atomic mass is 10.0. The average molecular weight is 280 g/mol. The van der Waals surface area contributed by atoms with E-state index < -0.39 is 17.9 Å². The Kier molecular flexibility index (Phi) is 5.96. The van der Waals surface area contributed by atoms with E-state index >= 15 is 0 Å². The molecule has 0 aliphatic rings. The molecule has 6 heteroatoms. The van der Waals surface area contributed by atoms with Crippen LogP contribution in [0.1, 0.15) is 37.6 Å². The van der Waals surface area contributed by atoms with Crippen LogP contribution in [0, 0.1) is 5.92 Å². The van der Waals surface area contributed by atoms with Gasteiger partial charge in [0, 0.05) is 6.20 Å². The van der Waals surface area contributed by atoms with E-state index in [1.165, 1.54) is 6.20 Å². The number of hydrogen-bond donors (Lipinski definition) is 2. The molecule has 1 atom stereocenters. The quantitative estimate of drug-likeness (QED) is 0.793. The molecule has 1 amide bonds. The highest BCUT2D eigenvalue weighted by Crippen LogP contribution is 2.15. The van der Waals surface area contributed by atoms with Crippen molar-refractivity contribution in [3.05, 3.63) is 23.9 Å². The fraction of sp³-hybridized carbons (Fsp3) is 0.500. The second-order valence-corrected chi connectivity index (χ2v) is 4.78. The number of pyridine rings is 1. The highest BCUT2D eigenvalue weighted by molar-refractivity contribution is 5.98. The number of nitrogens with zero attached hydrogens (tertiary/aromatic N) is 1. The molecular formula is C14H20N2O4. The van der Waals surface area contributed by atoms with Crippen LogP contribution in [-0.4, -0.2) is 34.6 Å². The minimum Gasteiger partial charge on any atom is -0.480 e. The Morgan fingerprint density at radius 1 is 1.45 bits per heavy atom. The van der Waals surface area contributed by atoms with Crippen LogP contribution >= 0.6 is 0 Å². The van der Waals surface area contributed by atoms with Gasteiger partial charge in [-0.1, -0.05) is 13.8 Å². The number of rotatable bonds is 7. The summed E-state index contributed by atoms with van der Waals surface area (Å²) in [5.74, 6) is -1.17. The Labute approximate surface area is 118 Å². The smallest absolute Gasteiger partial charge is 0.326 e. The average Bonchev–Trinajstić information content (AvgIpc) is 2.38. The molecule has 1 heterocycles. The standard InChI is InChI=1S/C14H20N2O4/c1-4-20-13-10(6-5-7-15-13)12(17)16-11(14(18)19)8-9(2)3/h5-7,9,11H,4,8H2,1-3H3,(H,16,17)(H,18,19)/t11-/m1/s1.